The number of carbonyl (C=O) groups excluding carboxylic acids is 1. The lowest BCUT2D eigenvalue weighted by Gasteiger charge is -2.22. The van der Waals surface area contributed by atoms with Crippen molar-refractivity contribution in [3.8, 4) is 11.5 Å². The summed E-state index contributed by atoms with van der Waals surface area (Å²) in [6.07, 6.45) is 7.89. The third-order valence-electron chi connectivity index (χ3n) is 5.73. The average Bonchev–Trinajstić information content (AvgIpc) is 3.27. The molecule has 4 rings (SSSR count). The van der Waals surface area contributed by atoms with E-state index in [4.69, 9.17) is 9.47 Å². The predicted molar refractivity (Wildman–Crippen MR) is 88.0 cm³/mol. The van der Waals surface area contributed by atoms with E-state index in [1.165, 1.54) is 18.4 Å². The van der Waals surface area contributed by atoms with E-state index in [-0.39, 0.29) is 0 Å². The van der Waals surface area contributed by atoms with E-state index in [9.17, 15) is 4.79 Å². The highest BCUT2D eigenvalue weighted by Crippen LogP contribution is 2.42. The fourth-order valence-corrected chi connectivity index (χ4v) is 4.53. The van der Waals surface area contributed by atoms with Crippen molar-refractivity contribution in [2.45, 2.75) is 63.0 Å². The molecule has 0 N–H and O–H groups in total. The molecule has 1 amide bonds. The number of ether oxygens (including phenoxy) is 2. The molecule has 124 valence electrons. The summed E-state index contributed by atoms with van der Waals surface area (Å²) < 4.78 is 11.7. The summed E-state index contributed by atoms with van der Waals surface area (Å²) in [7, 11) is 1.70. The molecule has 3 fully saturated rings. The fourth-order valence-electron chi connectivity index (χ4n) is 4.53. The summed E-state index contributed by atoms with van der Waals surface area (Å²) in [4.78, 5) is 14.0. The first-order chi connectivity index (χ1) is 11.3. The largest absolute Gasteiger partial charge is 0.493 e. The van der Waals surface area contributed by atoms with Crippen LogP contribution in [0.4, 0.5) is 0 Å². The van der Waals surface area contributed by atoms with Crippen molar-refractivity contribution >= 4 is 5.91 Å². The zero-order chi connectivity index (χ0) is 15.8. The smallest absolute Gasteiger partial charge is 0.222 e. The van der Waals surface area contributed by atoms with Crippen LogP contribution in [0.1, 0.15) is 56.4 Å². The Morgan fingerprint density at radius 3 is 2.70 bits per heavy atom. The van der Waals surface area contributed by atoms with Crippen LogP contribution in [0.25, 0.3) is 0 Å². The second kappa shape index (κ2) is 6.06. The van der Waals surface area contributed by atoms with Crippen LogP contribution in [-0.2, 0) is 4.79 Å². The molecule has 0 aromatic heterocycles. The molecule has 2 atom stereocenters. The van der Waals surface area contributed by atoms with Gasteiger partial charge in [-0.25, -0.2) is 0 Å². The Morgan fingerprint density at radius 2 is 1.91 bits per heavy atom. The van der Waals surface area contributed by atoms with Crippen molar-refractivity contribution in [1.82, 2.24) is 4.90 Å². The first-order valence-corrected chi connectivity index (χ1v) is 8.90. The number of amides is 1. The third-order valence-corrected chi connectivity index (χ3v) is 5.73. The molecule has 4 heteroatoms. The molecule has 1 aliphatic carbocycles. The number of methoxy groups -OCH3 is 1. The molecule has 0 radical (unpaired) electrons. The second-order valence-electron chi connectivity index (χ2n) is 7.02. The Balaban J connectivity index is 1.58. The monoisotopic (exact) mass is 315 g/mol. The minimum Gasteiger partial charge on any atom is -0.493 e. The van der Waals surface area contributed by atoms with Gasteiger partial charge in [-0.15, -0.1) is 0 Å². The normalized spacial score (nSPS) is 27.5. The minimum absolute atomic E-state index is 0.326. The zero-order valence-corrected chi connectivity index (χ0v) is 13.8. The summed E-state index contributed by atoms with van der Waals surface area (Å²) in [6.45, 7) is 0.902. The molecule has 2 saturated heterocycles. The minimum atomic E-state index is 0.326. The van der Waals surface area contributed by atoms with E-state index in [1.807, 2.05) is 6.07 Å². The lowest BCUT2D eigenvalue weighted by Crippen LogP contribution is -2.28. The highest BCUT2D eigenvalue weighted by Gasteiger charge is 2.42. The Morgan fingerprint density at radius 1 is 1.09 bits per heavy atom. The van der Waals surface area contributed by atoms with E-state index < -0.39 is 0 Å². The molecule has 1 aromatic carbocycles. The van der Waals surface area contributed by atoms with Gasteiger partial charge in [0.05, 0.1) is 13.2 Å². The first-order valence-electron chi connectivity index (χ1n) is 8.90. The van der Waals surface area contributed by atoms with E-state index in [0.717, 1.165) is 43.7 Å². The van der Waals surface area contributed by atoms with E-state index in [2.05, 4.69) is 17.0 Å². The van der Waals surface area contributed by atoms with Gasteiger partial charge in [-0.05, 0) is 56.2 Å². The van der Waals surface area contributed by atoms with Gasteiger partial charge in [0, 0.05) is 24.9 Å². The SMILES string of the molecule is COc1ccc([C@@H]2CCN3C(=O)CC[C@H]23)cc1OC1CCCC1. The van der Waals surface area contributed by atoms with Crippen LogP contribution in [0, 0.1) is 0 Å². The summed E-state index contributed by atoms with van der Waals surface area (Å²) in [5.74, 6) is 2.46. The second-order valence-corrected chi connectivity index (χ2v) is 7.02. The Kier molecular flexibility index (Phi) is 3.92. The van der Waals surface area contributed by atoms with E-state index in [0.29, 0.717) is 30.4 Å². The highest BCUT2D eigenvalue weighted by atomic mass is 16.5. The van der Waals surface area contributed by atoms with Crippen LogP contribution >= 0.6 is 0 Å². The molecule has 2 heterocycles. The van der Waals surface area contributed by atoms with Gasteiger partial charge in [0.25, 0.3) is 0 Å². The number of benzene rings is 1. The number of nitrogens with zero attached hydrogens (tertiary/aromatic N) is 1. The molecule has 3 aliphatic rings. The lowest BCUT2D eigenvalue weighted by atomic mass is 9.90. The fraction of sp³-hybridized carbons (Fsp3) is 0.632. The van der Waals surface area contributed by atoms with E-state index in [1.54, 1.807) is 7.11 Å². The number of rotatable bonds is 4. The molecule has 1 aromatic rings. The van der Waals surface area contributed by atoms with Gasteiger partial charge in [0.15, 0.2) is 11.5 Å². The number of fused-ring (bicyclic) bond motifs is 1. The summed E-state index contributed by atoms with van der Waals surface area (Å²) >= 11 is 0. The maximum atomic E-state index is 11.9. The molecule has 0 unspecified atom stereocenters. The van der Waals surface area contributed by atoms with E-state index >= 15 is 0 Å². The van der Waals surface area contributed by atoms with Gasteiger partial charge in [0.1, 0.15) is 0 Å². The van der Waals surface area contributed by atoms with Crippen LogP contribution in [0.15, 0.2) is 18.2 Å². The van der Waals surface area contributed by atoms with Crippen LogP contribution in [-0.4, -0.2) is 36.6 Å². The van der Waals surface area contributed by atoms with Crippen molar-refractivity contribution in [3.05, 3.63) is 23.8 Å². The van der Waals surface area contributed by atoms with Crippen molar-refractivity contribution in [3.63, 3.8) is 0 Å². The summed E-state index contributed by atoms with van der Waals surface area (Å²) in [5.41, 5.74) is 1.29. The van der Waals surface area contributed by atoms with Crippen LogP contribution in [0.3, 0.4) is 0 Å². The van der Waals surface area contributed by atoms with Gasteiger partial charge in [-0.3, -0.25) is 4.79 Å². The van der Waals surface area contributed by atoms with Gasteiger partial charge in [0.2, 0.25) is 5.91 Å². The Hall–Kier alpha value is -1.71. The summed E-state index contributed by atoms with van der Waals surface area (Å²) in [5, 5.41) is 0. The van der Waals surface area contributed by atoms with Gasteiger partial charge >= 0.3 is 0 Å². The molecular weight excluding hydrogens is 290 g/mol. The molecule has 4 nitrogen and oxygen atoms in total. The van der Waals surface area contributed by atoms with Crippen LogP contribution in [0.5, 0.6) is 11.5 Å². The standard InChI is InChI=1S/C19H25NO3/c1-22-17-8-6-13(12-18(17)23-14-4-2-3-5-14)15-10-11-20-16(15)7-9-19(20)21/h6,8,12,14-16H,2-5,7,9-11H2,1H3/t15-,16+/m0/s1. The quantitative estimate of drug-likeness (QED) is 0.853. The Labute approximate surface area is 137 Å². The van der Waals surface area contributed by atoms with Crippen LogP contribution in [0.2, 0.25) is 0 Å². The molecule has 0 bridgehead atoms. The predicted octanol–water partition coefficient (Wildman–Crippen LogP) is 3.49. The summed E-state index contributed by atoms with van der Waals surface area (Å²) in [6, 6.07) is 6.72. The number of carbonyl (C=O) groups is 1. The maximum absolute atomic E-state index is 11.9. The number of hydrogen-bond acceptors (Lipinski definition) is 3. The zero-order valence-electron chi connectivity index (χ0n) is 13.8. The number of hydrogen-bond donors (Lipinski definition) is 0. The van der Waals surface area contributed by atoms with Crippen molar-refractivity contribution in [2.24, 2.45) is 0 Å². The lowest BCUT2D eigenvalue weighted by molar-refractivity contribution is -0.127. The topological polar surface area (TPSA) is 38.8 Å². The van der Waals surface area contributed by atoms with Gasteiger partial charge in [-0.1, -0.05) is 6.07 Å². The molecule has 0 spiro atoms. The maximum Gasteiger partial charge on any atom is 0.222 e. The third kappa shape index (κ3) is 2.68. The highest BCUT2D eigenvalue weighted by molar-refractivity contribution is 5.79. The van der Waals surface area contributed by atoms with Crippen molar-refractivity contribution in [2.75, 3.05) is 13.7 Å². The first kappa shape index (κ1) is 14.9. The average molecular weight is 315 g/mol. The molecular formula is C19H25NO3. The van der Waals surface area contributed by atoms with Gasteiger partial charge in [-0.2, -0.15) is 0 Å². The van der Waals surface area contributed by atoms with Crippen molar-refractivity contribution in [1.29, 1.82) is 0 Å². The van der Waals surface area contributed by atoms with Crippen LogP contribution < -0.4 is 9.47 Å². The Bertz CT molecular complexity index is 594. The molecule has 23 heavy (non-hydrogen) atoms. The molecule has 1 saturated carbocycles. The van der Waals surface area contributed by atoms with Gasteiger partial charge < -0.3 is 14.4 Å². The molecule has 2 aliphatic heterocycles. The van der Waals surface area contributed by atoms with Crippen molar-refractivity contribution < 1.29 is 14.3 Å².